The van der Waals surface area contributed by atoms with Crippen molar-refractivity contribution < 1.29 is 13.2 Å². The minimum absolute atomic E-state index is 0.280. The number of sulfonamides is 1. The number of carbonyl (C=O) groups is 1. The van der Waals surface area contributed by atoms with E-state index in [4.69, 9.17) is 0 Å². The van der Waals surface area contributed by atoms with Gasteiger partial charge < -0.3 is 10.6 Å². The second-order valence-electron chi connectivity index (χ2n) is 3.78. The highest BCUT2D eigenvalue weighted by atomic mass is 32.2. The Labute approximate surface area is 107 Å². The van der Waals surface area contributed by atoms with Gasteiger partial charge in [0.05, 0.1) is 17.5 Å². The largest absolute Gasteiger partial charge is 0.351 e. The van der Waals surface area contributed by atoms with Crippen molar-refractivity contribution in [3.05, 3.63) is 29.8 Å². The van der Waals surface area contributed by atoms with Crippen molar-refractivity contribution >= 4 is 21.6 Å². The molecule has 1 amide bonds. The van der Waals surface area contributed by atoms with Gasteiger partial charge in [-0.1, -0.05) is 12.1 Å². The van der Waals surface area contributed by atoms with Crippen molar-refractivity contribution in [2.45, 2.75) is 0 Å². The second kappa shape index (κ2) is 6.36. The highest BCUT2D eigenvalue weighted by Gasteiger charge is 2.12. The predicted molar refractivity (Wildman–Crippen MR) is 71.2 cm³/mol. The molecule has 0 aliphatic rings. The summed E-state index contributed by atoms with van der Waals surface area (Å²) >= 11 is 0. The van der Waals surface area contributed by atoms with E-state index in [-0.39, 0.29) is 11.6 Å². The molecule has 0 atom stereocenters. The smallest absolute Gasteiger partial charge is 0.253 e. The van der Waals surface area contributed by atoms with Crippen LogP contribution in [0.4, 0.5) is 5.69 Å². The molecule has 0 bridgehead atoms. The summed E-state index contributed by atoms with van der Waals surface area (Å²) < 4.78 is 24.7. The fourth-order valence-corrected chi connectivity index (χ4v) is 1.94. The second-order valence-corrected chi connectivity index (χ2v) is 5.53. The van der Waals surface area contributed by atoms with E-state index in [2.05, 4.69) is 15.4 Å². The number of para-hydroxylation sites is 1. The van der Waals surface area contributed by atoms with Crippen molar-refractivity contribution in [3.8, 4) is 0 Å². The molecule has 0 aliphatic carbocycles. The fourth-order valence-electron chi connectivity index (χ4n) is 1.37. The first-order valence-corrected chi connectivity index (χ1v) is 7.33. The minimum Gasteiger partial charge on any atom is -0.351 e. The topological polar surface area (TPSA) is 87.3 Å². The first kappa shape index (κ1) is 14.5. The summed E-state index contributed by atoms with van der Waals surface area (Å²) in [5.74, 6) is -0.308. The van der Waals surface area contributed by atoms with Crippen LogP contribution in [0, 0.1) is 0 Å². The number of hydrogen-bond donors (Lipinski definition) is 3. The molecule has 100 valence electrons. The lowest BCUT2D eigenvalue weighted by molar-refractivity contribution is 0.0955. The van der Waals surface area contributed by atoms with Gasteiger partial charge in [-0.2, -0.15) is 0 Å². The van der Waals surface area contributed by atoms with Crippen molar-refractivity contribution in [1.82, 2.24) is 10.6 Å². The van der Waals surface area contributed by atoms with Crippen LogP contribution in [0.15, 0.2) is 24.3 Å². The number of likely N-dealkylation sites (N-methyl/N-ethyl adjacent to an activating group) is 1. The van der Waals surface area contributed by atoms with E-state index in [1.54, 1.807) is 31.3 Å². The number of amides is 1. The Morgan fingerprint density at radius 1 is 1.22 bits per heavy atom. The van der Waals surface area contributed by atoms with Crippen LogP contribution in [0.1, 0.15) is 10.4 Å². The van der Waals surface area contributed by atoms with Crippen LogP contribution in [0.25, 0.3) is 0 Å². The Bertz CT molecular complexity index is 514. The average Bonchev–Trinajstić information content (AvgIpc) is 2.27. The number of benzene rings is 1. The lowest BCUT2D eigenvalue weighted by Gasteiger charge is -2.10. The minimum atomic E-state index is -3.40. The van der Waals surface area contributed by atoms with E-state index in [9.17, 15) is 13.2 Å². The maximum atomic E-state index is 11.9. The molecule has 0 aromatic heterocycles. The molecule has 0 spiro atoms. The zero-order valence-electron chi connectivity index (χ0n) is 10.4. The van der Waals surface area contributed by atoms with Crippen LogP contribution < -0.4 is 15.4 Å². The molecule has 1 aromatic carbocycles. The molecule has 0 fully saturated rings. The Hall–Kier alpha value is -1.60. The molecule has 1 rings (SSSR count). The van der Waals surface area contributed by atoms with E-state index >= 15 is 0 Å². The molecular weight excluding hydrogens is 254 g/mol. The van der Waals surface area contributed by atoms with E-state index in [0.717, 1.165) is 6.26 Å². The predicted octanol–water partition coefficient (Wildman–Crippen LogP) is 0.00730. The van der Waals surface area contributed by atoms with Crippen molar-refractivity contribution in [1.29, 1.82) is 0 Å². The van der Waals surface area contributed by atoms with Crippen molar-refractivity contribution in [2.24, 2.45) is 0 Å². The molecule has 18 heavy (non-hydrogen) atoms. The number of anilines is 1. The number of carbonyl (C=O) groups excluding carboxylic acids is 1. The van der Waals surface area contributed by atoms with Gasteiger partial charge in [0.25, 0.3) is 5.91 Å². The Morgan fingerprint density at radius 3 is 2.50 bits per heavy atom. The SMILES string of the molecule is CNCCNC(=O)c1ccccc1NS(C)(=O)=O. The normalized spacial score (nSPS) is 11.0. The van der Waals surface area contributed by atoms with Crippen LogP contribution in [0.3, 0.4) is 0 Å². The molecular formula is C11H17N3O3S. The van der Waals surface area contributed by atoms with Gasteiger partial charge in [0.15, 0.2) is 0 Å². The molecule has 0 radical (unpaired) electrons. The Kier molecular flexibility index (Phi) is 5.11. The summed E-state index contributed by atoms with van der Waals surface area (Å²) in [6.07, 6.45) is 1.04. The highest BCUT2D eigenvalue weighted by Crippen LogP contribution is 2.15. The summed E-state index contributed by atoms with van der Waals surface area (Å²) in [5.41, 5.74) is 0.584. The quantitative estimate of drug-likeness (QED) is 0.636. The summed E-state index contributed by atoms with van der Waals surface area (Å²) in [6, 6.07) is 6.47. The summed E-state index contributed by atoms with van der Waals surface area (Å²) in [4.78, 5) is 11.9. The van der Waals surface area contributed by atoms with E-state index in [1.807, 2.05) is 0 Å². The highest BCUT2D eigenvalue weighted by molar-refractivity contribution is 7.92. The van der Waals surface area contributed by atoms with E-state index in [1.165, 1.54) is 0 Å². The first-order chi connectivity index (χ1) is 8.44. The van der Waals surface area contributed by atoms with Gasteiger partial charge in [0.2, 0.25) is 10.0 Å². The zero-order chi connectivity index (χ0) is 13.6. The van der Waals surface area contributed by atoms with Gasteiger partial charge in [-0.3, -0.25) is 9.52 Å². The monoisotopic (exact) mass is 271 g/mol. The van der Waals surface area contributed by atoms with Crippen LogP contribution in [-0.2, 0) is 10.0 Å². The number of rotatable bonds is 6. The third-order valence-electron chi connectivity index (χ3n) is 2.13. The van der Waals surface area contributed by atoms with E-state index in [0.29, 0.717) is 18.7 Å². The molecule has 3 N–H and O–H groups in total. The number of nitrogens with one attached hydrogen (secondary N) is 3. The Balaban J connectivity index is 2.84. The lowest BCUT2D eigenvalue weighted by atomic mass is 10.1. The van der Waals surface area contributed by atoms with Crippen molar-refractivity contribution in [2.75, 3.05) is 31.1 Å². The molecule has 0 aliphatic heterocycles. The molecule has 0 saturated carbocycles. The molecule has 7 heteroatoms. The molecule has 0 unspecified atom stereocenters. The van der Waals surface area contributed by atoms with Gasteiger partial charge in [0, 0.05) is 13.1 Å². The molecule has 0 saturated heterocycles. The van der Waals surface area contributed by atoms with Gasteiger partial charge >= 0.3 is 0 Å². The van der Waals surface area contributed by atoms with Crippen LogP contribution in [0.5, 0.6) is 0 Å². The van der Waals surface area contributed by atoms with E-state index < -0.39 is 10.0 Å². The third kappa shape index (κ3) is 4.72. The number of hydrogen-bond acceptors (Lipinski definition) is 4. The first-order valence-electron chi connectivity index (χ1n) is 5.43. The summed E-state index contributed by atoms with van der Waals surface area (Å²) in [7, 11) is -1.62. The van der Waals surface area contributed by atoms with Gasteiger partial charge in [-0.25, -0.2) is 8.42 Å². The average molecular weight is 271 g/mol. The summed E-state index contributed by atoms with van der Waals surface area (Å²) in [5, 5.41) is 5.59. The standard InChI is InChI=1S/C11H17N3O3S/c1-12-7-8-13-11(15)9-5-3-4-6-10(9)14-18(2,16)17/h3-6,12,14H,7-8H2,1-2H3,(H,13,15). The fraction of sp³-hybridized carbons (Fsp3) is 0.364. The van der Waals surface area contributed by atoms with Gasteiger partial charge in [-0.05, 0) is 19.2 Å². The van der Waals surface area contributed by atoms with Crippen LogP contribution in [0.2, 0.25) is 0 Å². The Morgan fingerprint density at radius 2 is 1.89 bits per heavy atom. The maximum absolute atomic E-state index is 11.9. The zero-order valence-corrected chi connectivity index (χ0v) is 11.2. The van der Waals surface area contributed by atoms with Gasteiger partial charge in [-0.15, -0.1) is 0 Å². The molecule has 1 aromatic rings. The van der Waals surface area contributed by atoms with Crippen LogP contribution >= 0.6 is 0 Å². The third-order valence-corrected chi connectivity index (χ3v) is 2.72. The molecule has 0 heterocycles. The summed E-state index contributed by atoms with van der Waals surface area (Å²) in [6.45, 7) is 1.12. The van der Waals surface area contributed by atoms with Crippen molar-refractivity contribution in [3.63, 3.8) is 0 Å². The lowest BCUT2D eigenvalue weighted by Crippen LogP contribution is -2.31. The van der Waals surface area contributed by atoms with Gasteiger partial charge in [0.1, 0.15) is 0 Å². The maximum Gasteiger partial charge on any atom is 0.253 e. The molecule has 6 nitrogen and oxygen atoms in total. The van der Waals surface area contributed by atoms with Crippen LogP contribution in [-0.4, -0.2) is 40.7 Å².